The van der Waals surface area contributed by atoms with Crippen molar-refractivity contribution in [3.05, 3.63) is 47.6 Å². The summed E-state index contributed by atoms with van der Waals surface area (Å²) in [6.45, 7) is 12.6. The van der Waals surface area contributed by atoms with E-state index in [4.69, 9.17) is 28.4 Å². The molecule has 1 aliphatic carbocycles. The number of hydrogen-bond acceptors (Lipinski definition) is 16. The van der Waals surface area contributed by atoms with E-state index >= 15 is 0 Å². The Bertz CT molecular complexity index is 2030. The zero-order valence-corrected chi connectivity index (χ0v) is 45.2. The number of piperidine rings is 1. The van der Waals surface area contributed by atoms with Gasteiger partial charge in [-0.3, -0.25) is 28.8 Å². The number of nitrogens with zero attached hydrogens (tertiary/aromatic N) is 1. The van der Waals surface area contributed by atoms with Crippen LogP contribution in [0.25, 0.3) is 0 Å². The molecule has 2 saturated heterocycles. The minimum atomic E-state index is -2.46. The molecule has 0 radical (unpaired) electrons. The fraction of sp³-hybridized carbons (Fsp3) is 0.732. The Morgan fingerprint density at radius 2 is 1.53 bits per heavy atom. The zero-order chi connectivity index (χ0) is 54.2. The zero-order valence-electron chi connectivity index (χ0n) is 45.2. The maximum atomic E-state index is 14.5. The number of carbonyl (C=O) groups is 7. The number of hydrogen-bond donors (Lipinski definition) is 2. The number of aliphatic hydroxyl groups is 2. The molecule has 3 aliphatic heterocycles. The second-order valence-electron chi connectivity index (χ2n) is 21.1. The molecule has 2 bridgehead atoms. The van der Waals surface area contributed by atoms with Crippen LogP contribution in [0.2, 0.25) is 0 Å². The Kier molecular flexibility index (Phi) is 24.3. The smallest absolute Gasteiger partial charge is 0.329 e. The van der Waals surface area contributed by atoms with Crippen molar-refractivity contribution in [2.24, 2.45) is 35.5 Å². The number of allylic oxidation sites excluding steroid dienone is 6. The largest absolute Gasteiger partial charge is 0.469 e. The Morgan fingerprint density at radius 3 is 2.21 bits per heavy atom. The minimum Gasteiger partial charge on any atom is -0.469 e. The maximum absolute atomic E-state index is 14.5. The number of fused-ring (bicyclic) bond motifs is 3. The van der Waals surface area contributed by atoms with Crippen molar-refractivity contribution < 1.29 is 76.9 Å². The van der Waals surface area contributed by atoms with Gasteiger partial charge in [-0.25, -0.2) is 4.79 Å². The van der Waals surface area contributed by atoms with Crippen LogP contribution in [0, 0.1) is 35.5 Å². The third kappa shape index (κ3) is 17.1. The monoisotopic (exact) mass is 1030 g/mol. The van der Waals surface area contributed by atoms with Gasteiger partial charge in [-0.1, -0.05) is 71.1 Å². The molecule has 17 heteroatoms. The van der Waals surface area contributed by atoms with Crippen molar-refractivity contribution in [3.8, 4) is 0 Å². The highest BCUT2D eigenvalue weighted by Gasteiger charge is 2.53. The van der Waals surface area contributed by atoms with E-state index in [1.807, 2.05) is 51.2 Å². The van der Waals surface area contributed by atoms with Crippen LogP contribution >= 0.6 is 0 Å². The second kappa shape index (κ2) is 29.1. The van der Waals surface area contributed by atoms with Gasteiger partial charge in [-0.2, -0.15) is 0 Å². The quantitative estimate of drug-likeness (QED) is 0.101. The summed E-state index contributed by atoms with van der Waals surface area (Å²) in [5.74, 6) is -9.56. The fourth-order valence-electron chi connectivity index (χ4n) is 10.8. The van der Waals surface area contributed by atoms with Gasteiger partial charge in [0.2, 0.25) is 5.79 Å². The van der Waals surface area contributed by atoms with Gasteiger partial charge in [-0.15, -0.1) is 0 Å². The highest BCUT2D eigenvalue weighted by atomic mass is 16.6. The number of amides is 1. The topological polar surface area (TPSA) is 228 Å². The molecule has 0 aromatic heterocycles. The highest BCUT2D eigenvalue weighted by molar-refractivity contribution is 6.39. The molecule has 2 N–H and O–H groups in total. The number of aliphatic hydroxyl groups excluding tert-OH is 1. The molecule has 73 heavy (non-hydrogen) atoms. The summed E-state index contributed by atoms with van der Waals surface area (Å²) in [6, 6.07) is -1.19. The summed E-state index contributed by atoms with van der Waals surface area (Å²) in [6.07, 6.45) is 9.96. The number of esters is 3. The maximum Gasteiger partial charge on any atom is 0.329 e. The summed E-state index contributed by atoms with van der Waals surface area (Å²) < 4.78 is 40.0. The van der Waals surface area contributed by atoms with Crippen molar-refractivity contribution >= 4 is 41.2 Å². The summed E-state index contributed by atoms with van der Waals surface area (Å²) in [5.41, 5.74) is 1.22. The molecule has 3 heterocycles. The molecule has 4 aliphatic rings. The van der Waals surface area contributed by atoms with Gasteiger partial charge in [0.15, 0.2) is 5.78 Å². The van der Waals surface area contributed by atoms with Gasteiger partial charge in [0, 0.05) is 58.5 Å². The predicted octanol–water partition coefficient (Wildman–Crippen LogP) is 6.68. The van der Waals surface area contributed by atoms with Gasteiger partial charge in [0.1, 0.15) is 36.2 Å². The first-order chi connectivity index (χ1) is 34.6. The van der Waals surface area contributed by atoms with Crippen molar-refractivity contribution in [3.63, 3.8) is 0 Å². The van der Waals surface area contributed by atoms with Crippen molar-refractivity contribution in [2.75, 3.05) is 35.0 Å². The average molecular weight is 1030 g/mol. The van der Waals surface area contributed by atoms with Crippen LogP contribution in [0.15, 0.2) is 47.6 Å². The van der Waals surface area contributed by atoms with E-state index in [1.54, 1.807) is 40.9 Å². The third-order valence-electron chi connectivity index (χ3n) is 15.5. The van der Waals surface area contributed by atoms with Crippen LogP contribution < -0.4 is 0 Å². The lowest BCUT2D eigenvalue weighted by molar-refractivity contribution is -0.265. The Hall–Kier alpha value is -4.39. The summed E-state index contributed by atoms with van der Waals surface area (Å²) in [4.78, 5) is 96.6. The fourth-order valence-corrected chi connectivity index (χ4v) is 10.8. The van der Waals surface area contributed by atoms with E-state index in [0.29, 0.717) is 69.8 Å². The first-order valence-corrected chi connectivity index (χ1v) is 26.3. The Balaban J connectivity index is 1.68. The molecule has 1 saturated carbocycles. The van der Waals surface area contributed by atoms with Crippen LogP contribution in [-0.4, -0.2) is 146 Å². The van der Waals surface area contributed by atoms with Gasteiger partial charge < -0.3 is 48.3 Å². The number of rotatable bonds is 10. The molecular formula is C56H85NO16. The second-order valence-corrected chi connectivity index (χ2v) is 21.1. The van der Waals surface area contributed by atoms with Crippen LogP contribution in [0.1, 0.15) is 138 Å². The van der Waals surface area contributed by atoms with E-state index in [2.05, 4.69) is 4.74 Å². The number of cyclic esters (lactones) is 1. The van der Waals surface area contributed by atoms with Gasteiger partial charge in [0.05, 0.1) is 38.3 Å². The third-order valence-corrected chi connectivity index (χ3v) is 15.5. The van der Waals surface area contributed by atoms with Crippen molar-refractivity contribution in [1.82, 2.24) is 4.90 Å². The summed E-state index contributed by atoms with van der Waals surface area (Å²) >= 11 is 0. The highest BCUT2D eigenvalue weighted by Crippen LogP contribution is 2.38. The summed E-state index contributed by atoms with van der Waals surface area (Å²) in [7, 11) is 5.71. The lowest BCUT2D eigenvalue weighted by Gasteiger charge is -2.42. The van der Waals surface area contributed by atoms with E-state index in [0.717, 1.165) is 5.57 Å². The van der Waals surface area contributed by atoms with E-state index in [-0.39, 0.29) is 55.6 Å². The summed E-state index contributed by atoms with van der Waals surface area (Å²) in [5, 5.41) is 23.5. The van der Waals surface area contributed by atoms with E-state index < -0.39 is 108 Å². The van der Waals surface area contributed by atoms with E-state index in [1.165, 1.54) is 26.2 Å². The lowest BCUT2D eigenvalue weighted by atomic mass is 9.78. The molecule has 17 nitrogen and oxygen atoms in total. The van der Waals surface area contributed by atoms with Crippen LogP contribution in [0.4, 0.5) is 0 Å². The molecule has 0 aromatic carbocycles. The number of Topliss-reactive ketones (excluding diaryl/α,β-unsaturated/α-hetero) is 3. The van der Waals surface area contributed by atoms with Crippen LogP contribution in [-0.2, 0) is 66.7 Å². The molecule has 4 rings (SSSR count). The van der Waals surface area contributed by atoms with Crippen LogP contribution in [0.3, 0.4) is 0 Å². The Morgan fingerprint density at radius 1 is 0.822 bits per heavy atom. The molecular weight excluding hydrogens is 943 g/mol. The standard InChI is InChI=1S/C56H85NO16/c1-33-17-13-12-14-18-34(2)45(67-8)31-41-22-20-39(7)56(66,73-41)53(63)54(64)57-26-16-15-19-42(57)55(65)72-46(32-43(58)35(3)28-38(6)51(62)52(70-11)50(61)37(5)27-33)36(4)29-40-21-23-44(47(30-40)68-9)71-49(60)25-24-48(59)69-10/h12-14,17-18,28,33,35-37,39-42,44-47,51-52,62,66H,15-16,19-27,29-32H2,1-11H3/b14-12+,17-13+,34-18+,38-28+/t33-,35-,36-,37-,39-,40+,41+,42+,44-,45+,46+,47-,51-,52+,56-/m1/s1. The van der Waals surface area contributed by atoms with Gasteiger partial charge in [0.25, 0.3) is 11.7 Å². The normalized spacial score (nSPS) is 37.1. The average Bonchev–Trinajstić information content (AvgIpc) is 3.37. The van der Waals surface area contributed by atoms with Crippen LogP contribution in [0.5, 0.6) is 0 Å². The number of methoxy groups -OCH3 is 4. The molecule has 0 spiro atoms. The molecule has 1 amide bonds. The molecule has 0 unspecified atom stereocenters. The number of ether oxygens (including phenoxy) is 7. The molecule has 15 atom stereocenters. The first kappa shape index (κ1) is 61.2. The van der Waals surface area contributed by atoms with Gasteiger partial charge in [-0.05, 0) is 107 Å². The number of carbonyl (C=O) groups excluding carboxylic acids is 7. The first-order valence-electron chi connectivity index (χ1n) is 26.3. The van der Waals surface area contributed by atoms with Crippen molar-refractivity contribution in [1.29, 1.82) is 0 Å². The lowest BCUT2D eigenvalue weighted by Crippen LogP contribution is -2.61. The van der Waals surface area contributed by atoms with E-state index in [9.17, 15) is 43.8 Å². The minimum absolute atomic E-state index is 0.00335. The Labute approximate surface area is 432 Å². The van der Waals surface area contributed by atoms with Crippen molar-refractivity contribution in [2.45, 2.75) is 193 Å². The number of ketones is 3. The SMILES string of the molecule is COC(=O)CCC(=O)O[C@@H]1CC[C@@H](C[C@@H](C)[C@@H]2CC(=O)[C@H](C)/C=C(\C)[C@@H](O)[C@@H](OC)C(=O)[C@H](C)C[C@H](C)/C=C/C=C/C=C(\C)[C@@H](OC)C[C@@H]3CC[C@@H](C)[C@@](O)(O3)C(=O)C(=O)N3CCCC[C@H]3C(=O)O2)C[C@H]1OC. The van der Waals surface area contributed by atoms with Gasteiger partial charge >= 0.3 is 17.9 Å². The predicted molar refractivity (Wildman–Crippen MR) is 270 cm³/mol. The molecule has 410 valence electrons. The molecule has 3 fully saturated rings. The molecule has 0 aromatic rings.